The molecule has 0 amide bonds. The van der Waals surface area contributed by atoms with E-state index >= 15 is 0 Å². The van der Waals surface area contributed by atoms with E-state index < -0.39 is 5.97 Å². The minimum Gasteiger partial charge on any atom is -0.481 e. The van der Waals surface area contributed by atoms with Crippen LogP contribution >= 0.6 is 0 Å². The fraction of sp³-hybridized carbons (Fsp3) is 0.312. The molecule has 1 aromatic rings. The average Bonchev–Trinajstić information content (AvgIpc) is 2.38. The van der Waals surface area contributed by atoms with E-state index in [9.17, 15) is 4.79 Å². The van der Waals surface area contributed by atoms with Crippen LogP contribution < -0.4 is 0 Å². The van der Waals surface area contributed by atoms with Gasteiger partial charge in [0.15, 0.2) is 0 Å². The van der Waals surface area contributed by atoms with Crippen molar-refractivity contribution in [2.24, 2.45) is 5.92 Å². The van der Waals surface area contributed by atoms with Gasteiger partial charge in [0.2, 0.25) is 0 Å². The predicted octanol–water partition coefficient (Wildman–Crippen LogP) is 3.84. The highest BCUT2D eigenvalue weighted by atomic mass is 16.4. The fourth-order valence-corrected chi connectivity index (χ4v) is 1.76. The van der Waals surface area contributed by atoms with Gasteiger partial charge in [0.05, 0.1) is 5.92 Å². The molecule has 1 N–H and O–H groups in total. The lowest BCUT2D eigenvalue weighted by Crippen LogP contribution is -2.09. The van der Waals surface area contributed by atoms with Gasteiger partial charge in [-0.05, 0) is 24.8 Å². The fourth-order valence-electron chi connectivity index (χ4n) is 1.76. The molecule has 2 nitrogen and oxygen atoms in total. The molecule has 0 unspecified atom stereocenters. The van der Waals surface area contributed by atoms with Crippen molar-refractivity contribution >= 4 is 5.97 Å². The Balaban J connectivity index is 2.48. The topological polar surface area (TPSA) is 37.3 Å². The molecule has 0 saturated carbocycles. The quantitative estimate of drug-likeness (QED) is 0.740. The number of aliphatic carboxylic acids is 1. The summed E-state index contributed by atoms with van der Waals surface area (Å²) in [7, 11) is 0. The first-order valence-electron chi connectivity index (χ1n) is 6.21. The standard InChI is InChI=1S/C16H20O2/c1-3-14(12-13(2)16(17)18)10-7-11-15-8-5-4-6-9-15/h3-6,8-10,13H,1,7,11-12H2,2H3,(H,17,18)/t13-/m0/s1. The molecule has 1 atom stereocenters. The highest BCUT2D eigenvalue weighted by molar-refractivity contribution is 5.70. The summed E-state index contributed by atoms with van der Waals surface area (Å²) in [6.45, 7) is 5.46. The van der Waals surface area contributed by atoms with Crippen molar-refractivity contribution in [1.29, 1.82) is 0 Å². The van der Waals surface area contributed by atoms with Crippen LogP contribution in [-0.4, -0.2) is 11.1 Å². The zero-order chi connectivity index (χ0) is 13.4. The zero-order valence-electron chi connectivity index (χ0n) is 10.8. The number of aryl methyl sites for hydroxylation is 1. The van der Waals surface area contributed by atoms with Crippen LogP contribution in [0.25, 0.3) is 0 Å². The Morgan fingerprint density at radius 1 is 1.39 bits per heavy atom. The highest BCUT2D eigenvalue weighted by Gasteiger charge is 2.11. The van der Waals surface area contributed by atoms with E-state index in [1.807, 2.05) is 18.2 Å². The Hall–Kier alpha value is -1.83. The second kappa shape index (κ2) is 7.49. The summed E-state index contributed by atoms with van der Waals surface area (Å²) < 4.78 is 0. The molecule has 1 aromatic carbocycles. The molecule has 0 spiro atoms. The van der Waals surface area contributed by atoms with E-state index in [-0.39, 0.29) is 5.92 Å². The molecule has 96 valence electrons. The van der Waals surface area contributed by atoms with Gasteiger partial charge in [0.25, 0.3) is 0 Å². The molecule has 0 heterocycles. The Kier molecular flexibility index (Phi) is 5.92. The molecule has 0 radical (unpaired) electrons. The molecule has 0 fully saturated rings. The minimum atomic E-state index is -0.759. The molecule has 0 saturated heterocycles. The molecule has 1 rings (SSSR count). The van der Waals surface area contributed by atoms with E-state index in [0.29, 0.717) is 6.42 Å². The van der Waals surface area contributed by atoms with Gasteiger partial charge in [-0.1, -0.05) is 61.6 Å². The van der Waals surface area contributed by atoms with E-state index in [1.54, 1.807) is 13.0 Å². The van der Waals surface area contributed by atoms with E-state index in [2.05, 4.69) is 24.8 Å². The summed E-state index contributed by atoms with van der Waals surface area (Å²) in [6, 6.07) is 10.3. The summed E-state index contributed by atoms with van der Waals surface area (Å²) in [4.78, 5) is 10.8. The van der Waals surface area contributed by atoms with Crippen molar-refractivity contribution in [3.63, 3.8) is 0 Å². The van der Waals surface area contributed by atoms with Crippen LogP contribution in [0.4, 0.5) is 0 Å². The molecule has 0 bridgehead atoms. The number of hydrogen-bond donors (Lipinski definition) is 1. The lowest BCUT2D eigenvalue weighted by molar-refractivity contribution is -0.141. The van der Waals surface area contributed by atoms with Gasteiger partial charge in [-0.15, -0.1) is 0 Å². The molecule has 0 aliphatic carbocycles. The van der Waals surface area contributed by atoms with Crippen molar-refractivity contribution in [1.82, 2.24) is 0 Å². The molecule has 2 heteroatoms. The predicted molar refractivity (Wildman–Crippen MR) is 74.5 cm³/mol. The third-order valence-corrected chi connectivity index (χ3v) is 2.91. The van der Waals surface area contributed by atoms with Crippen LogP contribution in [0.5, 0.6) is 0 Å². The van der Waals surface area contributed by atoms with Gasteiger partial charge in [0, 0.05) is 0 Å². The van der Waals surface area contributed by atoms with Gasteiger partial charge in [-0.2, -0.15) is 0 Å². The first-order valence-corrected chi connectivity index (χ1v) is 6.21. The summed E-state index contributed by atoms with van der Waals surface area (Å²) in [5.74, 6) is -1.11. The summed E-state index contributed by atoms with van der Waals surface area (Å²) in [6.07, 6.45) is 6.27. The van der Waals surface area contributed by atoms with Crippen molar-refractivity contribution in [2.45, 2.75) is 26.2 Å². The zero-order valence-corrected chi connectivity index (χ0v) is 10.8. The van der Waals surface area contributed by atoms with E-state index in [0.717, 1.165) is 18.4 Å². The number of benzene rings is 1. The van der Waals surface area contributed by atoms with Gasteiger partial charge in [-0.25, -0.2) is 0 Å². The van der Waals surface area contributed by atoms with Gasteiger partial charge in [0.1, 0.15) is 0 Å². The number of rotatable bonds is 7. The maximum absolute atomic E-state index is 10.8. The van der Waals surface area contributed by atoms with Crippen molar-refractivity contribution in [2.75, 3.05) is 0 Å². The van der Waals surface area contributed by atoms with Crippen molar-refractivity contribution in [3.05, 3.63) is 60.2 Å². The second-order valence-corrected chi connectivity index (χ2v) is 4.45. The normalized spacial score (nSPS) is 13.1. The number of hydrogen-bond acceptors (Lipinski definition) is 1. The SMILES string of the molecule is C=CC(=CCCc1ccccc1)C[C@H](C)C(=O)O. The van der Waals surface area contributed by atoms with Crippen LogP contribution in [0.1, 0.15) is 25.3 Å². The smallest absolute Gasteiger partial charge is 0.306 e. The maximum Gasteiger partial charge on any atom is 0.306 e. The molecule has 0 aromatic heterocycles. The Morgan fingerprint density at radius 3 is 2.61 bits per heavy atom. The third kappa shape index (κ3) is 5.00. The lowest BCUT2D eigenvalue weighted by Gasteiger charge is -2.07. The number of carbonyl (C=O) groups is 1. The van der Waals surface area contributed by atoms with Gasteiger partial charge < -0.3 is 5.11 Å². The third-order valence-electron chi connectivity index (χ3n) is 2.91. The minimum absolute atomic E-state index is 0.356. The van der Waals surface area contributed by atoms with Crippen LogP contribution in [0.3, 0.4) is 0 Å². The van der Waals surface area contributed by atoms with Crippen molar-refractivity contribution < 1.29 is 9.90 Å². The average molecular weight is 244 g/mol. The molecule has 0 aliphatic heterocycles. The van der Waals surface area contributed by atoms with Crippen molar-refractivity contribution in [3.8, 4) is 0 Å². The Labute approximate surface area is 109 Å². The molecular formula is C16H20O2. The number of carboxylic acid groups (broad SMARTS) is 1. The molecule has 0 aliphatic rings. The van der Waals surface area contributed by atoms with E-state index in [1.165, 1.54) is 5.56 Å². The number of carboxylic acids is 1. The monoisotopic (exact) mass is 244 g/mol. The highest BCUT2D eigenvalue weighted by Crippen LogP contribution is 2.14. The van der Waals surface area contributed by atoms with Crippen LogP contribution in [0.2, 0.25) is 0 Å². The summed E-state index contributed by atoms with van der Waals surface area (Å²) in [5.41, 5.74) is 2.31. The Morgan fingerprint density at radius 2 is 2.06 bits per heavy atom. The lowest BCUT2D eigenvalue weighted by atomic mass is 9.99. The van der Waals surface area contributed by atoms with Crippen LogP contribution in [0, 0.1) is 5.92 Å². The van der Waals surface area contributed by atoms with Crippen LogP contribution in [0.15, 0.2) is 54.6 Å². The first kappa shape index (κ1) is 14.2. The van der Waals surface area contributed by atoms with Gasteiger partial charge in [-0.3, -0.25) is 4.79 Å². The summed E-state index contributed by atoms with van der Waals surface area (Å²) >= 11 is 0. The Bertz CT molecular complexity index is 418. The summed E-state index contributed by atoms with van der Waals surface area (Å²) in [5, 5.41) is 8.87. The van der Waals surface area contributed by atoms with E-state index in [4.69, 9.17) is 5.11 Å². The molecule has 18 heavy (non-hydrogen) atoms. The number of allylic oxidation sites excluding steroid dienone is 3. The first-order chi connectivity index (χ1) is 8.63. The maximum atomic E-state index is 10.8. The van der Waals surface area contributed by atoms with Gasteiger partial charge >= 0.3 is 5.97 Å². The molecular weight excluding hydrogens is 224 g/mol. The second-order valence-electron chi connectivity index (χ2n) is 4.45. The van der Waals surface area contributed by atoms with Crippen LogP contribution in [-0.2, 0) is 11.2 Å². The largest absolute Gasteiger partial charge is 0.481 e.